The van der Waals surface area contributed by atoms with Gasteiger partial charge in [0.2, 0.25) is 11.1 Å². The van der Waals surface area contributed by atoms with Gasteiger partial charge in [-0.25, -0.2) is 9.07 Å². The molecule has 0 aliphatic heterocycles. The molecule has 1 atom stereocenters. The van der Waals surface area contributed by atoms with Crippen molar-refractivity contribution < 1.29 is 9.18 Å². The number of tetrazole rings is 1. The number of hydrogen-bond donors (Lipinski definition) is 1. The Morgan fingerprint density at radius 2 is 2.04 bits per heavy atom. The van der Waals surface area contributed by atoms with Crippen molar-refractivity contribution in [3.05, 3.63) is 35.6 Å². The van der Waals surface area contributed by atoms with Crippen LogP contribution in [0, 0.1) is 5.82 Å². The summed E-state index contributed by atoms with van der Waals surface area (Å²) in [6, 6.07) is 6.44. The first-order valence-corrected chi connectivity index (χ1v) is 9.48. The minimum atomic E-state index is -0.311. The first kappa shape index (κ1) is 17.8. The van der Waals surface area contributed by atoms with Crippen LogP contribution in [0.3, 0.4) is 0 Å². The SMILES string of the molecule is CC(Sc1nnnn1C1CCCCC1)C(=O)NCc1ccc(F)cc1. The number of rotatable bonds is 6. The molecule has 1 N–H and O–H groups in total. The molecule has 1 aromatic carbocycles. The fourth-order valence-corrected chi connectivity index (χ4v) is 3.85. The first-order chi connectivity index (χ1) is 12.1. The number of hydrogen-bond acceptors (Lipinski definition) is 5. The van der Waals surface area contributed by atoms with Gasteiger partial charge in [0.15, 0.2) is 0 Å². The molecule has 0 bridgehead atoms. The van der Waals surface area contributed by atoms with E-state index in [1.807, 2.05) is 11.6 Å². The van der Waals surface area contributed by atoms with Crippen LogP contribution in [0.25, 0.3) is 0 Å². The van der Waals surface area contributed by atoms with Crippen molar-refractivity contribution in [2.24, 2.45) is 0 Å². The fourth-order valence-electron chi connectivity index (χ4n) is 2.96. The van der Waals surface area contributed by atoms with E-state index >= 15 is 0 Å². The predicted molar refractivity (Wildman–Crippen MR) is 93.5 cm³/mol. The van der Waals surface area contributed by atoms with E-state index in [1.54, 1.807) is 12.1 Å². The smallest absolute Gasteiger partial charge is 0.233 e. The number of carbonyl (C=O) groups is 1. The second kappa shape index (κ2) is 8.42. The van der Waals surface area contributed by atoms with E-state index in [2.05, 4.69) is 20.8 Å². The number of aromatic nitrogens is 4. The summed E-state index contributed by atoms with van der Waals surface area (Å²) in [5.74, 6) is -0.374. The summed E-state index contributed by atoms with van der Waals surface area (Å²) in [4.78, 5) is 12.3. The van der Waals surface area contributed by atoms with Crippen LogP contribution < -0.4 is 5.32 Å². The lowest BCUT2D eigenvalue weighted by molar-refractivity contribution is -0.120. The molecule has 0 saturated heterocycles. The highest BCUT2D eigenvalue weighted by Gasteiger charge is 2.23. The Kier molecular flexibility index (Phi) is 6.01. The van der Waals surface area contributed by atoms with E-state index in [0.717, 1.165) is 18.4 Å². The summed E-state index contributed by atoms with van der Waals surface area (Å²) in [7, 11) is 0. The molecular weight excluding hydrogens is 341 g/mol. The normalized spacial score (nSPS) is 16.6. The number of halogens is 1. The maximum Gasteiger partial charge on any atom is 0.233 e. The molecule has 1 saturated carbocycles. The third-order valence-corrected chi connectivity index (χ3v) is 5.46. The quantitative estimate of drug-likeness (QED) is 0.799. The molecular formula is C17H22FN5OS. The average Bonchev–Trinajstić information content (AvgIpc) is 3.09. The average molecular weight is 363 g/mol. The zero-order chi connectivity index (χ0) is 17.6. The largest absolute Gasteiger partial charge is 0.351 e. The maximum atomic E-state index is 12.9. The van der Waals surface area contributed by atoms with Crippen molar-refractivity contribution in [3.63, 3.8) is 0 Å². The molecule has 25 heavy (non-hydrogen) atoms. The molecule has 1 fully saturated rings. The minimum absolute atomic E-state index is 0.0903. The van der Waals surface area contributed by atoms with E-state index in [0.29, 0.717) is 17.7 Å². The second-order valence-electron chi connectivity index (χ2n) is 6.30. The Labute approximate surface area is 150 Å². The molecule has 1 aliphatic rings. The zero-order valence-electron chi connectivity index (χ0n) is 14.2. The van der Waals surface area contributed by atoms with Crippen LogP contribution in [-0.2, 0) is 11.3 Å². The van der Waals surface area contributed by atoms with Gasteiger partial charge in [0.1, 0.15) is 5.82 Å². The van der Waals surface area contributed by atoms with Crippen LogP contribution in [-0.4, -0.2) is 31.4 Å². The molecule has 0 radical (unpaired) electrons. The number of benzene rings is 1. The van der Waals surface area contributed by atoms with Gasteiger partial charge in [-0.1, -0.05) is 43.2 Å². The number of thioether (sulfide) groups is 1. The van der Waals surface area contributed by atoms with Crippen molar-refractivity contribution in [2.75, 3.05) is 0 Å². The van der Waals surface area contributed by atoms with Crippen LogP contribution in [0.2, 0.25) is 0 Å². The molecule has 0 spiro atoms. The molecule has 6 nitrogen and oxygen atoms in total. The van der Waals surface area contributed by atoms with E-state index in [4.69, 9.17) is 0 Å². The van der Waals surface area contributed by atoms with Crippen LogP contribution in [0.4, 0.5) is 4.39 Å². The zero-order valence-corrected chi connectivity index (χ0v) is 15.0. The minimum Gasteiger partial charge on any atom is -0.351 e. The van der Waals surface area contributed by atoms with E-state index in [-0.39, 0.29) is 17.0 Å². The van der Waals surface area contributed by atoms with Crippen molar-refractivity contribution in [3.8, 4) is 0 Å². The van der Waals surface area contributed by atoms with Gasteiger partial charge in [-0.15, -0.1) is 5.10 Å². The van der Waals surface area contributed by atoms with Gasteiger partial charge in [-0.3, -0.25) is 4.79 Å². The molecule has 1 aliphatic carbocycles. The van der Waals surface area contributed by atoms with Gasteiger partial charge in [0, 0.05) is 6.54 Å². The van der Waals surface area contributed by atoms with E-state index in [1.165, 1.54) is 43.2 Å². The molecule has 8 heteroatoms. The molecule has 1 amide bonds. The van der Waals surface area contributed by atoms with Gasteiger partial charge in [0.05, 0.1) is 11.3 Å². The second-order valence-corrected chi connectivity index (χ2v) is 7.61. The third kappa shape index (κ3) is 4.78. The monoisotopic (exact) mass is 363 g/mol. The number of nitrogens with zero attached hydrogens (tertiary/aromatic N) is 4. The number of amides is 1. The van der Waals surface area contributed by atoms with Gasteiger partial charge in [0.25, 0.3) is 0 Å². The molecule has 1 unspecified atom stereocenters. The summed E-state index contributed by atoms with van der Waals surface area (Å²) in [5, 5.41) is 15.2. The topological polar surface area (TPSA) is 72.7 Å². The van der Waals surface area contributed by atoms with Gasteiger partial charge in [-0.2, -0.15) is 0 Å². The maximum absolute atomic E-state index is 12.9. The predicted octanol–water partition coefficient (Wildman–Crippen LogP) is 3.11. The standard InChI is InChI=1S/C17H22FN5OS/c1-12(16(24)19-11-13-7-9-14(18)10-8-13)25-17-20-21-22-23(17)15-5-3-2-4-6-15/h7-10,12,15H,2-6,11H2,1H3,(H,19,24). The molecule has 1 heterocycles. The van der Waals surface area contributed by atoms with Crippen LogP contribution in [0.1, 0.15) is 50.6 Å². The lowest BCUT2D eigenvalue weighted by atomic mass is 9.96. The van der Waals surface area contributed by atoms with Crippen LogP contribution >= 0.6 is 11.8 Å². The lowest BCUT2D eigenvalue weighted by Gasteiger charge is -2.22. The summed E-state index contributed by atoms with van der Waals surface area (Å²) in [6.45, 7) is 2.21. The Bertz CT molecular complexity index is 699. The van der Waals surface area contributed by atoms with Crippen molar-refractivity contribution in [1.82, 2.24) is 25.5 Å². The highest BCUT2D eigenvalue weighted by atomic mass is 32.2. The summed E-state index contributed by atoms with van der Waals surface area (Å²) < 4.78 is 14.8. The highest BCUT2D eigenvalue weighted by molar-refractivity contribution is 8.00. The Morgan fingerprint density at radius 1 is 1.32 bits per heavy atom. The van der Waals surface area contributed by atoms with Crippen molar-refractivity contribution >= 4 is 17.7 Å². The number of carbonyl (C=O) groups excluding carboxylic acids is 1. The van der Waals surface area contributed by atoms with Crippen LogP contribution in [0.15, 0.2) is 29.4 Å². The van der Waals surface area contributed by atoms with Gasteiger partial charge >= 0.3 is 0 Å². The first-order valence-electron chi connectivity index (χ1n) is 8.60. The lowest BCUT2D eigenvalue weighted by Crippen LogP contribution is -2.30. The number of nitrogens with one attached hydrogen (secondary N) is 1. The summed E-state index contributed by atoms with van der Waals surface area (Å²) in [5.41, 5.74) is 0.860. The third-order valence-electron chi connectivity index (χ3n) is 4.41. The van der Waals surface area contributed by atoms with Gasteiger partial charge < -0.3 is 5.32 Å². The Balaban J connectivity index is 1.54. The van der Waals surface area contributed by atoms with Crippen LogP contribution in [0.5, 0.6) is 0 Å². The van der Waals surface area contributed by atoms with Crippen molar-refractivity contribution in [2.45, 2.75) is 62.0 Å². The molecule has 3 rings (SSSR count). The molecule has 1 aromatic heterocycles. The fraction of sp³-hybridized carbons (Fsp3) is 0.529. The van der Waals surface area contributed by atoms with Crippen molar-refractivity contribution in [1.29, 1.82) is 0 Å². The summed E-state index contributed by atoms with van der Waals surface area (Å²) in [6.07, 6.45) is 5.83. The summed E-state index contributed by atoms with van der Waals surface area (Å²) >= 11 is 1.37. The Hall–Kier alpha value is -1.96. The van der Waals surface area contributed by atoms with E-state index < -0.39 is 0 Å². The van der Waals surface area contributed by atoms with E-state index in [9.17, 15) is 9.18 Å². The highest BCUT2D eigenvalue weighted by Crippen LogP contribution is 2.31. The van der Waals surface area contributed by atoms with Gasteiger partial charge in [-0.05, 0) is 47.9 Å². The Morgan fingerprint density at radius 3 is 2.76 bits per heavy atom. The molecule has 2 aromatic rings. The molecule has 134 valence electrons.